The zero-order chi connectivity index (χ0) is 19.2. The second-order valence-electron chi connectivity index (χ2n) is 6.77. The molecular weight excluding hydrogens is 347 g/mol. The molecule has 3 rings (SSSR count). The van der Waals surface area contributed by atoms with Gasteiger partial charge in [0.1, 0.15) is 5.82 Å². The van der Waals surface area contributed by atoms with Gasteiger partial charge in [-0.25, -0.2) is 4.39 Å². The summed E-state index contributed by atoms with van der Waals surface area (Å²) in [5.41, 5.74) is 1.39. The maximum atomic E-state index is 13.3. The van der Waals surface area contributed by atoms with Crippen LogP contribution in [0.4, 0.5) is 10.1 Å². The van der Waals surface area contributed by atoms with Crippen molar-refractivity contribution in [3.8, 4) is 0 Å². The zero-order valence-corrected chi connectivity index (χ0v) is 14.9. The molecule has 5 nitrogen and oxygen atoms in total. The number of hydrogen-bond donors (Lipinski definition) is 0. The van der Waals surface area contributed by atoms with Crippen LogP contribution in [-0.2, 0) is 6.54 Å². The third-order valence-electron chi connectivity index (χ3n) is 4.81. The van der Waals surface area contributed by atoms with Crippen LogP contribution >= 0.6 is 0 Å². The minimum absolute atomic E-state index is 0.0267. The summed E-state index contributed by atoms with van der Waals surface area (Å²) in [6.07, 6.45) is 5.38. The van der Waals surface area contributed by atoms with Crippen molar-refractivity contribution in [2.45, 2.75) is 19.4 Å². The number of carbonyl (C=O) groups excluding carboxylic acids is 1. The van der Waals surface area contributed by atoms with E-state index in [1.807, 2.05) is 12.1 Å². The van der Waals surface area contributed by atoms with Crippen LogP contribution in [0.1, 0.15) is 28.8 Å². The van der Waals surface area contributed by atoms with Gasteiger partial charge < -0.3 is 0 Å². The zero-order valence-electron chi connectivity index (χ0n) is 14.9. The van der Waals surface area contributed by atoms with Gasteiger partial charge in [0, 0.05) is 24.2 Å². The summed E-state index contributed by atoms with van der Waals surface area (Å²) >= 11 is 0. The van der Waals surface area contributed by atoms with Crippen molar-refractivity contribution < 1.29 is 14.1 Å². The lowest BCUT2D eigenvalue weighted by Gasteiger charge is -2.30. The molecule has 140 valence electrons. The fourth-order valence-corrected chi connectivity index (χ4v) is 3.26. The van der Waals surface area contributed by atoms with Gasteiger partial charge in [0.25, 0.3) is 5.69 Å². The SMILES string of the molecule is O=C(C=CC1CCN(Cc2cccc(F)c2)CC1)c1ccc([N+](=O)[O-])cc1. The lowest BCUT2D eigenvalue weighted by Crippen LogP contribution is -2.32. The molecule has 1 aliphatic heterocycles. The van der Waals surface area contributed by atoms with Crippen LogP contribution < -0.4 is 0 Å². The van der Waals surface area contributed by atoms with Gasteiger partial charge in [-0.2, -0.15) is 0 Å². The second-order valence-corrected chi connectivity index (χ2v) is 6.77. The molecule has 0 N–H and O–H groups in total. The van der Waals surface area contributed by atoms with E-state index in [0.29, 0.717) is 11.5 Å². The number of benzene rings is 2. The maximum absolute atomic E-state index is 13.3. The Balaban J connectivity index is 1.49. The summed E-state index contributed by atoms with van der Waals surface area (Å²) < 4.78 is 13.3. The Labute approximate surface area is 157 Å². The van der Waals surface area contributed by atoms with Crippen LogP contribution in [0.15, 0.2) is 60.7 Å². The number of hydrogen-bond acceptors (Lipinski definition) is 4. The van der Waals surface area contributed by atoms with Crippen LogP contribution in [0.5, 0.6) is 0 Å². The number of piperidine rings is 1. The first-order chi connectivity index (χ1) is 13.0. The molecule has 0 atom stereocenters. The maximum Gasteiger partial charge on any atom is 0.269 e. The van der Waals surface area contributed by atoms with E-state index in [9.17, 15) is 19.3 Å². The lowest BCUT2D eigenvalue weighted by molar-refractivity contribution is -0.384. The molecule has 2 aromatic carbocycles. The van der Waals surface area contributed by atoms with Crippen molar-refractivity contribution in [2.75, 3.05) is 13.1 Å². The van der Waals surface area contributed by atoms with Crippen molar-refractivity contribution in [1.82, 2.24) is 4.90 Å². The van der Waals surface area contributed by atoms with Crippen LogP contribution in [0.25, 0.3) is 0 Å². The van der Waals surface area contributed by atoms with Crippen LogP contribution in [-0.4, -0.2) is 28.7 Å². The molecule has 0 unspecified atom stereocenters. The van der Waals surface area contributed by atoms with Crippen molar-refractivity contribution in [3.05, 3.63) is 87.7 Å². The summed E-state index contributed by atoms with van der Waals surface area (Å²) in [5, 5.41) is 10.7. The molecule has 1 fully saturated rings. The summed E-state index contributed by atoms with van der Waals surface area (Å²) in [6, 6.07) is 12.3. The Kier molecular flexibility index (Phi) is 6.08. The molecule has 0 spiro atoms. The highest BCUT2D eigenvalue weighted by Crippen LogP contribution is 2.21. The average Bonchev–Trinajstić information content (AvgIpc) is 2.67. The molecule has 0 aliphatic carbocycles. The van der Waals surface area contributed by atoms with E-state index >= 15 is 0 Å². The van der Waals surface area contributed by atoms with Crippen molar-refractivity contribution in [2.24, 2.45) is 5.92 Å². The molecule has 0 saturated carbocycles. The molecule has 2 aromatic rings. The standard InChI is InChI=1S/C21H21FN2O3/c22-19-3-1-2-17(14-19)15-23-12-10-16(11-13-23)4-9-21(25)18-5-7-20(8-6-18)24(26)27/h1-9,14,16H,10-13,15H2. The van der Waals surface area contributed by atoms with E-state index in [-0.39, 0.29) is 17.3 Å². The number of nitro benzene ring substituents is 1. The summed E-state index contributed by atoms with van der Waals surface area (Å²) in [7, 11) is 0. The number of nitro groups is 1. The predicted molar refractivity (Wildman–Crippen MR) is 101 cm³/mol. The van der Waals surface area contributed by atoms with E-state index in [0.717, 1.165) is 38.0 Å². The number of ketones is 1. The normalized spacial score (nSPS) is 15.9. The van der Waals surface area contributed by atoms with E-state index in [2.05, 4.69) is 4.90 Å². The molecule has 0 aromatic heterocycles. The Bertz CT molecular complexity index is 841. The number of halogens is 1. The fraction of sp³-hybridized carbons (Fsp3) is 0.286. The first-order valence-electron chi connectivity index (χ1n) is 8.95. The fourth-order valence-electron chi connectivity index (χ4n) is 3.26. The Morgan fingerprint density at radius 3 is 2.52 bits per heavy atom. The first-order valence-corrected chi connectivity index (χ1v) is 8.95. The molecule has 0 amide bonds. The molecule has 27 heavy (non-hydrogen) atoms. The van der Waals surface area contributed by atoms with Crippen LogP contribution in [0, 0.1) is 21.8 Å². The summed E-state index contributed by atoms with van der Waals surface area (Å²) in [5.74, 6) is -0.0297. The third kappa shape index (κ3) is 5.31. The highest BCUT2D eigenvalue weighted by molar-refractivity contribution is 6.04. The Morgan fingerprint density at radius 2 is 1.89 bits per heavy atom. The van der Waals surface area contributed by atoms with Gasteiger partial charge in [-0.15, -0.1) is 0 Å². The highest BCUT2D eigenvalue weighted by Gasteiger charge is 2.18. The van der Waals surface area contributed by atoms with E-state index in [1.165, 1.54) is 30.3 Å². The topological polar surface area (TPSA) is 63.5 Å². The molecule has 1 heterocycles. The predicted octanol–water partition coefficient (Wildman–Crippen LogP) is 4.39. The number of rotatable bonds is 6. The third-order valence-corrected chi connectivity index (χ3v) is 4.81. The van der Waals surface area contributed by atoms with E-state index < -0.39 is 4.92 Å². The number of carbonyl (C=O) groups is 1. The second kappa shape index (κ2) is 8.68. The number of allylic oxidation sites excluding steroid dienone is 2. The minimum atomic E-state index is -0.484. The van der Waals surface area contributed by atoms with Gasteiger partial charge in [0.2, 0.25) is 0 Å². The van der Waals surface area contributed by atoms with Gasteiger partial charge in [-0.05, 0) is 67.8 Å². The lowest BCUT2D eigenvalue weighted by atomic mass is 9.95. The molecule has 1 saturated heterocycles. The number of nitrogens with zero attached hydrogens (tertiary/aromatic N) is 2. The minimum Gasteiger partial charge on any atom is -0.299 e. The summed E-state index contributed by atoms with van der Waals surface area (Å²) in [6.45, 7) is 2.53. The molecule has 0 bridgehead atoms. The first kappa shape index (κ1) is 18.9. The number of non-ortho nitro benzene ring substituents is 1. The van der Waals surface area contributed by atoms with Crippen LogP contribution in [0.3, 0.4) is 0 Å². The Morgan fingerprint density at radius 1 is 1.19 bits per heavy atom. The van der Waals surface area contributed by atoms with Gasteiger partial charge >= 0.3 is 0 Å². The molecular formula is C21H21FN2O3. The highest BCUT2D eigenvalue weighted by atomic mass is 19.1. The van der Waals surface area contributed by atoms with Crippen LogP contribution in [0.2, 0.25) is 0 Å². The molecule has 6 heteroatoms. The quantitative estimate of drug-likeness (QED) is 0.328. The number of likely N-dealkylation sites (tertiary alicyclic amines) is 1. The Hall–Kier alpha value is -2.86. The van der Waals surface area contributed by atoms with Gasteiger partial charge in [0.05, 0.1) is 4.92 Å². The van der Waals surface area contributed by atoms with E-state index in [1.54, 1.807) is 18.2 Å². The van der Waals surface area contributed by atoms with Gasteiger partial charge in [-0.3, -0.25) is 19.8 Å². The largest absolute Gasteiger partial charge is 0.299 e. The molecule has 0 radical (unpaired) electrons. The van der Waals surface area contributed by atoms with Gasteiger partial charge in [0.15, 0.2) is 5.78 Å². The monoisotopic (exact) mass is 368 g/mol. The van der Waals surface area contributed by atoms with Crippen molar-refractivity contribution in [3.63, 3.8) is 0 Å². The van der Waals surface area contributed by atoms with Crippen molar-refractivity contribution in [1.29, 1.82) is 0 Å². The van der Waals surface area contributed by atoms with Crippen molar-refractivity contribution >= 4 is 11.5 Å². The smallest absolute Gasteiger partial charge is 0.269 e. The average molecular weight is 368 g/mol. The molecule has 1 aliphatic rings. The summed E-state index contributed by atoms with van der Waals surface area (Å²) in [4.78, 5) is 24.7. The van der Waals surface area contributed by atoms with E-state index in [4.69, 9.17) is 0 Å². The van der Waals surface area contributed by atoms with Gasteiger partial charge in [-0.1, -0.05) is 18.2 Å².